The Kier molecular flexibility index (Phi) is 6.54. The molecule has 0 bridgehead atoms. The second kappa shape index (κ2) is 7.94. The minimum Gasteiger partial charge on any atom is -0.444 e. The summed E-state index contributed by atoms with van der Waals surface area (Å²) in [4.78, 5) is 25.1. The van der Waals surface area contributed by atoms with Crippen LogP contribution in [0.15, 0.2) is 24.3 Å². The van der Waals surface area contributed by atoms with E-state index in [1.165, 1.54) is 11.0 Å². The van der Waals surface area contributed by atoms with Crippen molar-refractivity contribution in [3.8, 4) is 0 Å². The number of alkyl carbamates (subject to hydrolysis) is 1. The molecule has 23 heavy (non-hydrogen) atoms. The van der Waals surface area contributed by atoms with Crippen LogP contribution in [0.25, 0.3) is 0 Å². The molecule has 0 aliphatic rings. The highest BCUT2D eigenvalue weighted by molar-refractivity contribution is 5.77. The molecule has 5 nitrogen and oxygen atoms in total. The molecule has 6 heteroatoms. The summed E-state index contributed by atoms with van der Waals surface area (Å²) in [5, 5.41) is 2.53. The van der Waals surface area contributed by atoms with Crippen LogP contribution in [0.4, 0.5) is 9.18 Å². The van der Waals surface area contributed by atoms with Gasteiger partial charge in [0.15, 0.2) is 0 Å². The third-order valence-corrected chi connectivity index (χ3v) is 3.34. The Hall–Kier alpha value is -2.11. The maximum Gasteiger partial charge on any atom is 0.407 e. The van der Waals surface area contributed by atoms with Gasteiger partial charge in [0.25, 0.3) is 0 Å². The average Bonchev–Trinajstić information content (AvgIpc) is 2.44. The molecular formula is C17H25FN2O3. The Labute approximate surface area is 136 Å². The lowest BCUT2D eigenvalue weighted by Crippen LogP contribution is -2.36. The van der Waals surface area contributed by atoms with Gasteiger partial charge in [-0.3, -0.25) is 4.79 Å². The van der Waals surface area contributed by atoms with E-state index in [0.717, 1.165) is 0 Å². The smallest absolute Gasteiger partial charge is 0.407 e. The van der Waals surface area contributed by atoms with Crippen molar-refractivity contribution in [2.24, 2.45) is 0 Å². The van der Waals surface area contributed by atoms with Gasteiger partial charge >= 0.3 is 6.09 Å². The van der Waals surface area contributed by atoms with Crippen LogP contribution in [0.3, 0.4) is 0 Å². The Balaban J connectivity index is 2.48. The predicted molar refractivity (Wildman–Crippen MR) is 86.4 cm³/mol. The molecule has 1 aromatic carbocycles. The molecule has 128 valence electrons. The summed E-state index contributed by atoms with van der Waals surface area (Å²) < 4.78 is 18.9. The summed E-state index contributed by atoms with van der Waals surface area (Å²) in [5.41, 5.74) is -0.118. The van der Waals surface area contributed by atoms with Crippen LogP contribution < -0.4 is 5.32 Å². The number of rotatable bonds is 5. The number of carbonyl (C=O) groups excluding carboxylic acids is 2. The van der Waals surface area contributed by atoms with E-state index < -0.39 is 11.7 Å². The first kappa shape index (κ1) is 18.9. The van der Waals surface area contributed by atoms with E-state index in [4.69, 9.17) is 4.74 Å². The summed E-state index contributed by atoms with van der Waals surface area (Å²) in [6.07, 6.45) is -0.441. The lowest BCUT2D eigenvalue weighted by atomic mass is 10.1. The van der Waals surface area contributed by atoms with Crippen LogP contribution in [0.2, 0.25) is 0 Å². The maximum absolute atomic E-state index is 13.8. The molecular weight excluding hydrogens is 299 g/mol. The van der Waals surface area contributed by atoms with Gasteiger partial charge in [-0.2, -0.15) is 0 Å². The van der Waals surface area contributed by atoms with Crippen molar-refractivity contribution in [1.29, 1.82) is 0 Å². The first-order valence-corrected chi connectivity index (χ1v) is 7.58. The molecule has 0 saturated carbocycles. The highest BCUT2D eigenvalue weighted by Gasteiger charge is 2.20. The predicted octanol–water partition coefficient (Wildman–Crippen LogP) is 3.26. The van der Waals surface area contributed by atoms with Crippen LogP contribution in [0.1, 0.15) is 45.7 Å². The molecule has 0 fully saturated rings. The lowest BCUT2D eigenvalue weighted by molar-refractivity contribution is -0.131. The number of halogens is 1. The summed E-state index contributed by atoms with van der Waals surface area (Å²) in [6, 6.07) is 5.98. The fourth-order valence-electron chi connectivity index (χ4n) is 2.00. The van der Waals surface area contributed by atoms with Crippen LogP contribution >= 0.6 is 0 Å². The summed E-state index contributed by atoms with van der Waals surface area (Å²) in [7, 11) is 1.62. The van der Waals surface area contributed by atoms with Gasteiger partial charge in [0.1, 0.15) is 11.4 Å². The fraction of sp³-hybridized carbons (Fsp3) is 0.529. The lowest BCUT2D eigenvalue weighted by Gasteiger charge is -2.26. The van der Waals surface area contributed by atoms with E-state index in [-0.39, 0.29) is 30.7 Å². The Bertz CT molecular complexity index is 555. The molecule has 0 radical (unpaired) electrons. The van der Waals surface area contributed by atoms with Gasteiger partial charge in [-0.15, -0.1) is 0 Å². The standard InChI is InChI=1S/C17H25FN2O3/c1-12(13-8-6-7-9-14(13)18)20(5)15(21)10-11-19-16(22)23-17(2,3)4/h6-9,12H,10-11H2,1-5H3,(H,19,22). The number of benzene rings is 1. The van der Waals surface area contributed by atoms with Crippen molar-refractivity contribution in [2.75, 3.05) is 13.6 Å². The molecule has 0 aliphatic carbocycles. The Morgan fingerprint density at radius 1 is 1.30 bits per heavy atom. The molecule has 1 rings (SSSR count). The number of nitrogens with zero attached hydrogens (tertiary/aromatic N) is 1. The first-order chi connectivity index (χ1) is 10.6. The molecule has 1 atom stereocenters. The van der Waals surface area contributed by atoms with Crippen LogP contribution in [-0.2, 0) is 9.53 Å². The van der Waals surface area contributed by atoms with Gasteiger partial charge in [-0.1, -0.05) is 18.2 Å². The minimum atomic E-state index is -0.579. The quantitative estimate of drug-likeness (QED) is 0.904. The average molecular weight is 324 g/mol. The third-order valence-electron chi connectivity index (χ3n) is 3.34. The van der Waals surface area contributed by atoms with Crippen LogP contribution in [-0.4, -0.2) is 36.1 Å². The third kappa shape index (κ3) is 6.26. The first-order valence-electron chi connectivity index (χ1n) is 7.58. The fourth-order valence-corrected chi connectivity index (χ4v) is 2.00. The van der Waals surface area contributed by atoms with Gasteiger partial charge < -0.3 is 15.0 Å². The summed E-state index contributed by atoms with van der Waals surface area (Å²) >= 11 is 0. The van der Waals surface area contributed by atoms with E-state index in [1.807, 2.05) is 0 Å². The Morgan fingerprint density at radius 3 is 2.48 bits per heavy atom. The molecule has 1 unspecified atom stereocenters. The molecule has 2 amide bonds. The zero-order chi connectivity index (χ0) is 17.6. The topological polar surface area (TPSA) is 58.6 Å². The van der Waals surface area contributed by atoms with Gasteiger partial charge in [0, 0.05) is 25.6 Å². The van der Waals surface area contributed by atoms with Crippen molar-refractivity contribution < 1.29 is 18.7 Å². The van der Waals surface area contributed by atoms with Crippen molar-refractivity contribution >= 4 is 12.0 Å². The normalized spacial score (nSPS) is 12.4. The summed E-state index contributed by atoms with van der Waals surface area (Å²) in [5.74, 6) is -0.525. The van der Waals surface area contributed by atoms with Crippen LogP contribution in [0, 0.1) is 5.82 Å². The second-order valence-corrected chi connectivity index (χ2v) is 6.38. The zero-order valence-corrected chi connectivity index (χ0v) is 14.4. The molecule has 1 aromatic rings. The number of ether oxygens (including phenoxy) is 1. The molecule has 0 aromatic heterocycles. The number of hydrogen-bond acceptors (Lipinski definition) is 3. The molecule has 0 aliphatic heterocycles. The van der Waals surface area contributed by atoms with E-state index >= 15 is 0 Å². The van der Waals surface area contributed by atoms with Gasteiger partial charge in [-0.25, -0.2) is 9.18 Å². The maximum atomic E-state index is 13.8. The van der Waals surface area contributed by atoms with Crippen molar-refractivity contribution in [2.45, 2.75) is 45.8 Å². The highest BCUT2D eigenvalue weighted by Crippen LogP contribution is 2.21. The van der Waals surface area contributed by atoms with Crippen LogP contribution in [0.5, 0.6) is 0 Å². The Morgan fingerprint density at radius 2 is 1.91 bits per heavy atom. The minimum absolute atomic E-state index is 0.120. The molecule has 0 spiro atoms. The van der Waals surface area contributed by atoms with Crippen molar-refractivity contribution in [3.63, 3.8) is 0 Å². The van der Waals surface area contributed by atoms with Crippen molar-refractivity contribution in [1.82, 2.24) is 10.2 Å². The second-order valence-electron chi connectivity index (χ2n) is 6.38. The summed E-state index contributed by atoms with van der Waals surface area (Å²) in [6.45, 7) is 7.23. The highest BCUT2D eigenvalue weighted by atomic mass is 19.1. The van der Waals surface area contributed by atoms with Gasteiger partial charge in [-0.05, 0) is 33.8 Å². The van der Waals surface area contributed by atoms with E-state index in [1.54, 1.807) is 52.9 Å². The largest absolute Gasteiger partial charge is 0.444 e. The molecule has 1 N–H and O–H groups in total. The van der Waals surface area contributed by atoms with E-state index in [0.29, 0.717) is 5.56 Å². The van der Waals surface area contributed by atoms with Crippen molar-refractivity contribution in [3.05, 3.63) is 35.6 Å². The monoisotopic (exact) mass is 324 g/mol. The van der Waals surface area contributed by atoms with E-state index in [2.05, 4.69) is 5.32 Å². The van der Waals surface area contributed by atoms with Gasteiger partial charge in [0.2, 0.25) is 5.91 Å². The number of nitrogens with one attached hydrogen (secondary N) is 1. The number of hydrogen-bond donors (Lipinski definition) is 1. The number of amides is 2. The van der Waals surface area contributed by atoms with Gasteiger partial charge in [0.05, 0.1) is 6.04 Å². The zero-order valence-electron chi connectivity index (χ0n) is 14.4. The number of carbonyl (C=O) groups is 2. The van der Waals surface area contributed by atoms with E-state index in [9.17, 15) is 14.0 Å². The molecule has 0 saturated heterocycles. The SMILES string of the molecule is CC(c1ccccc1F)N(C)C(=O)CCNC(=O)OC(C)(C)C. The molecule has 0 heterocycles.